The van der Waals surface area contributed by atoms with Gasteiger partial charge in [0.05, 0.1) is 17.2 Å². The van der Waals surface area contributed by atoms with E-state index in [1.54, 1.807) is 10.6 Å². The van der Waals surface area contributed by atoms with Crippen LogP contribution in [0.15, 0.2) is 35.3 Å². The molecule has 1 atom stereocenters. The first-order valence-electron chi connectivity index (χ1n) is 10.6. The summed E-state index contributed by atoms with van der Waals surface area (Å²) in [5, 5.41) is 1.08. The third-order valence-electron chi connectivity index (χ3n) is 6.72. The molecule has 0 saturated carbocycles. The highest BCUT2D eigenvalue weighted by atomic mass is 16.5. The first-order valence-corrected chi connectivity index (χ1v) is 10.6. The molecule has 0 radical (unpaired) electrons. The van der Waals surface area contributed by atoms with Crippen LogP contribution in [0.25, 0.3) is 16.5 Å². The zero-order valence-electron chi connectivity index (χ0n) is 17.6. The Morgan fingerprint density at radius 3 is 2.69 bits per heavy atom. The lowest BCUT2D eigenvalue weighted by Gasteiger charge is -2.45. The Bertz CT molecular complexity index is 1110. The van der Waals surface area contributed by atoms with Crippen LogP contribution in [0.2, 0.25) is 0 Å². The fourth-order valence-corrected chi connectivity index (χ4v) is 5.20. The van der Waals surface area contributed by atoms with Crippen LogP contribution in [0.4, 0.5) is 5.69 Å². The molecule has 0 aliphatic carbocycles. The number of aromatic nitrogens is 1. The van der Waals surface area contributed by atoms with E-state index in [9.17, 15) is 4.79 Å². The van der Waals surface area contributed by atoms with Gasteiger partial charge in [-0.25, -0.2) is 0 Å². The van der Waals surface area contributed by atoms with Crippen LogP contribution >= 0.6 is 0 Å². The summed E-state index contributed by atoms with van der Waals surface area (Å²) >= 11 is 0. The van der Waals surface area contributed by atoms with Crippen molar-refractivity contribution >= 4 is 22.2 Å². The Morgan fingerprint density at radius 1 is 1.17 bits per heavy atom. The fourth-order valence-electron chi connectivity index (χ4n) is 5.20. The van der Waals surface area contributed by atoms with E-state index in [0.29, 0.717) is 6.61 Å². The van der Waals surface area contributed by atoms with Gasteiger partial charge in [0, 0.05) is 36.3 Å². The molecule has 0 spiro atoms. The number of hydrogen-bond acceptors (Lipinski definition) is 4. The second kappa shape index (κ2) is 6.77. The highest BCUT2D eigenvalue weighted by molar-refractivity contribution is 6.01. The molecule has 3 aliphatic heterocycles. The molecular weight excluding hydrogens is 362 g/mol. The maximum absolute atomic E-state index is 12.5. The van der Waals surface area contributed by atoms with Crippen molar-refractivity contribution in [1.29, 1.82) is 0 Å². The number of rotatable bonds is 2. The van der Waals surface area contributed by atoms with E-state index >= 15 is 0 Å². The lowest BCUT2D eigenvalue weighted by Crippen LogP contribution is -2.51. The molecule has 5 rings (SSSR count). The molecule has 5 heteroatoms. The van der Waals surface area contributed by atoms with Crippen molar-refractivity contribution in [2.24, 2.45) is 7.05 Å². The Hall–Kier alpha value is -2.53. The summed E-state index contributed by atoms with van der Waals surface area (Å²) in [6, 6.07) is 4.17. The molecule has 3 aliphatic rings. The standard InChI is InChI=1S/C24H29N3O2/c1-15-10-17(3)27-18(13-26-8-6-5-7-9-26)14-29-24-22-19(12-20(15)23(24)27)16(2)11-21(28)25(22)4/h10-12,18H,3,5-9,13-14H2,1-2,4H3. The van der Waals surface area contributed by atoms with Crippen LogP contribution in [0.5, 0.6) is 5.75 Å². The molecule has 1 aromatic heterocycles. The number of anilines is 1. The van der Waals surface area contributed by atoms with Gasteiger partial charge >= 0.3 is 0 Å². The number of pyridine rings is 1. The van der Waals surface area contributed by atoms with Gasteiger partial charge in [0.1, 0.15) is 6.61 Å². The van der Waals surface area contributed by atoms with Gasteiger partial charge in [-0.2, -0.15) is 0 Å². The van der Waals surface area contributed by atoms with Crippen LogP contribution < -0.4 is 15.2 Å². The number of benzene rings is 1. The minimum atomic E-state index is -0.00121. The van der Waals surface area contributed by atoms with Gasteiger partial charge in [-0.3, -0.25) is 4.79 Å². The third kappa shape index (κ3) is 2.83. The van der Waals surface area contributed by atoms with Gasteiger partial charge in [-0.15, -0.1) is 0 Å². The van der Waals surface area contributed by atoms with Crippen molar-refractivity contribution in [2.75, 3.05) is 31.1 Å². The van der Waals surface area contributed by atoms with Gasteiger partial charge in [0.2, 0.25) is 0 Å². The van der Waals surface area contributed by atoms with Crippen LogP contribution in [0, 0.1) is 6.92 Å². The number of likely N-dealkylation sites (tertiary alicyclic amines) is 1. The molecule has 1 aromatic carbocycles. The molecule has 152 valence electrons. The van der Waals surface area contributed by atoms with Crippen molar-refractivity contribution in [2.45, 2.75) is 39.2 Å². The largest absolute Gasteiger partial charge is 0.487 e. The smallest absolute Gasteiger partial charge is 0.251 e. The van der Waals surface area contributed by atoms with E-state index in [2.05, 4.69) is 35.4 Å². The van der Waals surface area contributed by atoms with Crippen LogP contribution in [0.3, 0.4) is 0 Å². The summed E-state index contributed by atoms with van der Waals surface area (Å²) < 4.78 is 8.15. The highest BCUT2D eigenvalue weighted by Gasteiger charge is 2.37. The number of hydrogen-bond donors (Lipinski definition) is 0. The maximum Gasteiger partial charge on any atom is 0.251 e. The number of allylic oxidation sites excluding steroid dienone is 2. The Labute approximate surface area is 171 Å². The SMILES string of the molecule is C=C1C=C(C)c2cc3c(C)cc(=O)n(C)c3c3c2N1C(CN1CCCCC1)CO3. The molecule has 2 aromatic rings. The van der Waals surface area contributed by atoms with Gasteiger partial charge < -0.3 is 19.1 Å². The minimum Gasteiger partial charge on any atom is -0.487 e. The second-order valence-corrected chi connectivity index (χ2v) is 8.74. The number of nitrogens with zero attached hydrogens (tertiary/aromatic N) is 3. The van der Waals surface area contributed by atoms with E-state index in [-0.39, 0.29) is 11.6 Å². The predicted molar refractivity (Wildman–Crippen MR) is 119 cm³/mol. The van der Waals surface area contributed by atoms with Gasteiger partial charge in [0.25, 0.3) is 5.56 Å². The number of aryl methyl sites for hydroxylation is 2. The summed E-state index contributed by atoms with van der Waals surface area (Å²) in [7, 11) is 1.83. The number of piperidine rings is 1. The van der Waals surface area contributed by atoms with Gasteiger partial charge in [-0.05, 0) is 63.1 Å². The zero-order chi connectivity index (χ0) is 20.3. The Balaban J connectivity index is 1.69. The molecule has 4 heterocycles. The topological polar surface area (TPSA) is 37.7 Å². The van der Waals surface area contributed by atoms with Crippen molar-refractivity contribution in [1.82, 2.24) is 9.47 Å². The van der Waals surface area contributed by atoms with E-state index < -0.39 is 0 Å². The van der Waals surface area contributed by atoms with Crippen molar-refractivity contribution in [3.8, 4) is 5.75 Å². The first-order chi connectivity index (χ1) is 14.0. The molecule has 0 bridgehead atoms. The molecule has 29 heavy (non-hydrogen) atoms. The van der Waals surface area contributed by atoms with E-state index in [0.717, 1.165) is 53.2 Å². The van der Waals surface area contributed by atoms with E-state index in [1.807, 2.05) is 14.0 Å². The average Bonchev–Trinajstić information content (AvgIpc) is 2.70. The van der Waals surface area contributed by atoms with Crippen molar-refractivity contribution in [3.05, 3.63) is 52.0 Å². The van der Waals surface area contributed by atoms with Gasteiger partial charge in [0.15, 0.2) is 5.75 Å². The lowest BCUT2D eigenvalue weighted by atomic mass is 9.92. The lowest BCUT2D eigenvalue weighted by molar-refractivity contribution is 0.179. The van der Waals surface area contributed by atoms with Crippen molar-refractivity contribution < 1.29 is 4.74 Å². The first kappa shape index (κ1) is 18.5. The summed E-state index contributed by atoms with van der Waals surface area (Å²) in [5.74, 6) is 0.823. The van der Waals surface area contributed by atoms with Crippen LogP contribution in [-0.4, -0.2) is 41.8 Å². The summed E-state index contributed by atoms with van der Waals surface area (Å²) in [5.41, 5.74) is 6.35. The van der Waals surface area contributed by atoms with E-state index in [1.165, 1.54) is 30.4 Å². The summed E-state index contributed by atoms with van der Waals surface area (Å²) in [4.78, 5) is 17.4. The van der Waals surface area contributed by atoms with Crippen LogP contribution in [-0.2, 0) is 7.05 Å². The van der Waals surface area contributed by atoms with Crippen molar-refractivity contribution in [3.63, 3.8) is 0 Å². The minimum absolute atomic E-state index is 0.00121. The quantitative estimate of drug-likeness (QED) is 0.780. The van der Waals surface area contributed by atoms with Gasteiger partial charge in [-0.1, -0.05) is 13.0 Å². The molecule has 1 saturated heterocycles. The second-order valence-electron chi connectivity index (χ2n) is 8.74. The average molecular weight is 392 g/mol. The molecule has 1 unspecified atom stereocenters. The highest BCUT2D eigenvalue weighted by Crippen LogP contribution is 2.49. The molecule has 5 nitrogen and oxygen atoms in total. The third-order valence-corrected chi connectivity index (χ3v) is 6.72. The number of ether oxygens (including phenoxy) is 1. The number of fused-ring (bicyclic) bond motifs is 2. The molecular formula is C24H29N3O2. The van der Waals surface area contributed by atoms with E-state index in [4.69, 9.17) is 4.74 Å². The zero-order valence-corrected chi connectivity index (χ0v) is 17.6. The Kier molecular flexibility index (Phi) is 4.32. The monoisotopic (exact) mass is 391 g/mol. The maximum atomic E-state index is 12.5. The fraction of sp³-hybridized carbons (Fsp3) is 0.458. The normalized spacial score (nSPS) is 21.8. The Morgan fingerprint density at radius 2 is 1.93 bits per heavy atom. The molecule has 1 fully saturated rings. The predicted octanol–water partition coefficient (Wildman–Crippen LogP) is 3.83. The summed E-state index contributed by atoms with van der Waals surface area (Å²) in [6.45, 7) is 12.4. The van der Waals surface area contributed by atoms with Crippen LogP contribution in [0.1, 0.15) is 37.3 Å². The molecule has 0 amide bonds. The molecule has 0 N–H and O–H groups in total. The summed E-state index contributed by atoms with van der Waals surface area (Å²) in [6.07, 6.45) is 6.08.